The smallest absolute Gasteiger partial charge is 0.0634 e. The zero-order valence-corrected chi connectivity index (χ0v) is 23.3. The van der Waals surface area contributed by atoms with Gasteiger partial charge in [0.2, 0.25) is 0 Å². The van der Waals surface area contributed by atoms with E-state index in [1.807, 2.05) is 11.3 Å². The van der Waals surface area contributed by atoms with Crippen molar-refractivity contribution in [2.45, 2.75) is 6.54 Å². The number of hydrogen-bond acceptors (Lipinski definition) is 3. The van der Waals surface area contributed by atoms with E-state index >= 15 is 0 Å². The van der Waals surface area contributed by atoms with Crippen LogP contribution in [0.25, 0.3) is 47.7 Å². The normalized spacial score (nSPS) is 11.9. The van der Waals surface area contributed by atoms with Crippen LogP contribution < -0.4 is 5.01 Å². The molecule has 0 N–H and O–H groups in total. The van der Waals surface area contributed by atoms with Crippen LogP contribution >= 0.6 is 34.2 Å². The van der Waals surface area contributed by atoms with Crippen LogP contribution in [0.2, 0.25) is 0 Å². The summed E-state index contributed by atoms with van der Waals surface area (Å²) in [5.74, 6) is 0. The summed E-state index contributed by atoms with van der Waals surface area (Å²) in [5, 5.41) is 7.47. The molecular weight excluding hydrogens is 585 g/mol. The predicted octanol–water partition coefficient (Wildman–Crippen LogP) is 9.35. The van der Waals surface area contributed by atoms with E-state index in [0.717, 1.165) is 12.2 Å². The first kappa shape index (κ1) is 22.8. The fourth-order valence-corrected chi connectivity index (χ4v) is 7.08. The summed E-state index contributed by atoms with van der Waals surface area (Å²) >= 11 is 4.28. The Hall–Kier alpha value is -3.39. The second-order valence-electron chi connectivity index (χ2n) is 9.31. The number of rotatable bonds is 5. The summed E-state index contributed by atoms with van der Waals surface area (Å²) in [6.07, 6.45) is 0. The van der Waals surface area contributed by atoms with Crippen LogP contribution in [0.4, 0.5) is 5.69 Å². The highest BCUT2D eigenvalue weighted by atomic mass is 127. The van der Waals surface area contributed by atoms with E-state index in [9.17, 15) is 0 Å². The lowest BCUT2D eigenvalue weighted by molar-refractivity contribution is 0.495. The van der Waals surface area contributed by atoms with Gasteiger partial charge in [-0.1, -0.05) is 78.9 Å². The molecule has 2 heterocycles. The maximum Gasteiger partial charge on any atom is 0.0634 e. The van der Waals surface area contributed by atoms with Crippen LogP contribution in [0.1, 0.15) is 5.56 Å². The van der Waals surface area contributed by atoms with Crippen molar-refractivity contribution < 1.29 is 0 Å². The van der Waals surface area contributed by atoms with E-state index in [-0.39, 0.29) is 0 Å². The van der Waals surface area contributed by atoms with Crippen molar-refractivity contribution in [1.82, 2.24) is 7.79 Å². The maximum absolute atomic E-state index is 2.46. The van der Waals surface area contributed by atoms with Gasteiger partial charge in [-0.3, -0.25) is 5.01 Å². The lowest BCUT2D eigenvalue weighted by Crippen LogP contribution is -2.31. The number of para-hydroxylation sites is 1. The molecular formula is C32H24IN3S. The Morgan fingerprint density at radius 3 is 2.32 bits per heavy atom. The molecule has 0 saturated carbocycles. The third-order valence-electron chi connectivity index (χ3n) is 7.12. The number of halogens is 1. The summed E-state index contributed by atoms with van der Waals surface area (Å²) in [7, 11) is 2.13. The molecule has 37 heavy (non-hydrogen) atoms. The van der Waals surface area contributed by atoms with E-state index < -0.39 is 0 Å². The zero-order valence-electron chi connectivity index (χ0n) is 20.3. The fourth-order valence-electron chi connectivity index (χ4n) is 5.33. The fraction of sp³-hybridized carbons (Fsp3) is 0.0625. The molecule has 0 fully saturated rings. The highest BCUT2D eigenvalue weighted by Gasteiger charge is 2.18. The van der Waals surface area contributed by atoms with Gasteiger partial charge in [-0.15, -0.1) is 11.3 Å². The maximum atomic E-state index is 2.46. The Bertz CT molecular complexity index is 1900. The van der Waals surface area contributed by atoms with Crippen LogP contribution in [0.3, 0.4) is 0 Å². The van der Waals surface area contributed by atoms with Crippen molar-refractivity contribution in [1.29, 1.82) is 0 Å². The summed E-state index contributed by atoms with van der Waals surface area (Å²) in [6.45, 7) is 0.832. The van der Waals surface area contributed by atoms with Gasteiger partial charge in [-0.2, -0.15) is 3.22 Å². The molecule has 7 aromatic rings. The van der Waals surface area contributed by atoms with Crippen molar-refractivity contribution in [3.05, 3.63) is 121 Å². The Labute approximate surface area is 233 Å². The molecule has 0 bridgehead atoms. The number of fused-ring (bicyclic) bond motifs is 7. The molecule has 0 saturated heterocycles. The lowest BCUT2D eigenvalue weighted by atomic mass is 10.1. The van der Waals surface area contributed by atoms with Gasteiger partial charge in [0.15, 0.2) is 0 Å². The second-order valence-corrected chi connectivity index (χ2v) is 11.5. The molecule has 0 aliphatic heterocycles. The van der Waals surface area contributed by atoms with Crippen LogP contribution in [0.5, 0.6) is 0 Å². The van der Waals surface area contributed by atoms with Crippen LogP contribution in [-0.2, 0) is 6.54 Å². The molecule has 2 aromatic heterocycles. The van der Waals surface area contributed by atoms with Gasteiger partial charge in [0, 0.05) is 66.5 Å². The highest BCUT2D eigenvalue weighted by Crippen LogP contribution is 2.43. The van der Waals surface area contributed by atoms with Crippen LogP contribution in [0, 0.1) is 0 Å². The number of anilines is 1. The molecule has 0 aliphatic rings. The second kappa shape index (κ2) is 9.17. The van der Waals surface area contributed by atoms with Gasteiger partial charge in [0.1, 0.15) is 0 Å². The van der Waals surface area contributed by atoms with Crippen molar-refractivity contribution in [2.24, 2.45) is 0 Å². The highest BCUT2D eigenvalue weighted by molar-refractivity contribution is 14.1. The molecule has 0 aliphatic carbocycles. The van der Waals surface area contributed by atoms with Crippen molar-refractivity contribution >= 4 is 81.9 Å². The predicted molar refractivity (Wildman–Crippen MR) is 168 cm³/mol. The Morgan fingerprint density at radius 1 is 0.703 bits per heavy atom. The molecule has 0 atom stereocenters. The third-order valence-corrected chi connectivity index (χ3v) is 9.24. The Balaban J connectivity index is 1.43. The average molecular weight is 610 g/mol. The van der Waals surface area contributed by atoms with E-state index in [2.05, 4.69) is 158 Å². The van der Waals surface area contributed by atoms with E-state index in [1.165, 1.54) is 53.2 Å². The molecule has 0 radical (unpaired) electrons. The monoisotopic (exact) mass is 609 g/mol. The largest absolute Gasteiger partial charge is 0.308 e. The number of hydrogen-bond donors (Lipinski definition) is 0. The summed E-state index contributed by atoms with van der Waals surface area (Å²) in [4.78, 5) is 0. The Kier molecular flexibility index (Phi) is 5.65. The van der Waals surface area contributed by atoms with Gasteiger partial charge in [0.05, 0.1) is 23.3 Å². The average Bonchev–Trinajstić information content (AvgIpc) is 3.49. The van der Waals surface area contributed by atoms with Gasteiger partial charge < -0.3 is 4.57 Å². The number of aromatic nitrogens is 1. The summed E-state index contributed by atoms with van der Waals surface area (Å²) in [5.41, 5.74) is 6.12. The quantitative estimate of drug-likeness (QED) is 0.109. The minimum Gasteiger partial charge on any atom is -0.308 e. The number of hydrazine groups is 1. The van der Waals surface area contributed by atoms with E-state index in [0.29, 0.717) is 0 Å². The summed E-state index contributed by atoms with van der Waals surface area (Å²) < 4.78 is 7.34. The SMILES string of the molecule is CN(c1cccc(-n2c3ccccc3c3ccc4sc5ccccc5c4c32)c1)N(I)Cc1ccccc1. The number of benzene rings is 5. The zero-order chi connectivity index (χ0) is 24.9. The first-order chi connectivity index (χ1) is 18.2. The van der Waals surface area contributed by atoms with E-state index in [4.69, 9.17) is 0 Å². The Morgan fingerprint density at radius 2 is 1.46 bits per heavy atom. The summed E-state index contributed by atoms with van der Waals surface area (Å²) in [6, 6.07) is 41.6. The first-order valence-electron chi connectivity index (χ1n) is 12.3. The van der Waals surface area contributed by atoms with Crippen LogP contribution in [-0.4, -0.2) is 14.8 Å². The van der Waals surface area contributed by atoms with Gasteiger partial charge in [0.25, 0.3) is 0 Å². The standard InChI is InChI=1S/C32H24IN3S/c1-34(35(33)21-22-10-3-2-4-11-22)23-12-9-13-24(20-23)36-28-16-7-5-14-25(28)26-18-19-30-31(32(26)36)27-15-6-8-17-29(27)37-30/h2-20H,21H2,1H3. The first-order valence-corrected chi connectivity index (χ1v) is 14.1. The lowest BCUT2D eigenvalue weighted by Gasteiger charge is -2.28. The minimum atomic E-state index is 0.832. The van der Waals surface area contributed by atoms with E-state index in [1.54, 1.807) is 0 Å². The molecule has 5 heteroatoms. The van der Waals surface area contributed by atoms with Gasteiger partial charge in [-0.05, 0) is 42.0 Å². The van der Waals surface area contributed by atoms with Crippen molar-refractivity contribution in [3.63, 3.8) is 0 Å². The van der Waals surface area contributed by atoms with Crippen LogP contribution in [0.15, 0.2) is 115 Å². The molecule has 0 unspecified atom stereocenters. The molecule has 3 nitrogen and oxygen atoms in total. The molecule has 0 amide bonds. The number of thiophene rings is 1. The van der Waals surface area contributed by atoms with Crippen molar-refractivity contribution in [3.8, 4) is 5.69 Å². The molecule has 180 valence electrons. The topological polar surface area (TPSA) is 11.4 Å². The van der Waals surface area contributed by atoms with Gasteiger partial charge >= 0.3 is 0 Å². The third kappa shape index (κ3) is 3.81. The van der Waals surface area contributed by atoms with Crippen molar-refractivity contribution in [2.75, 3.05) is 12.1 Å². The molecule has 0 spiro atoms. The van der Waals surface area contributed by atoms with Gasteiger partial charge in [-0.25, -0.2) is 0 Å². The molecule has 7 rings (SSSR count). The number of nitrogens with zero attached hydrogens (tertiary/aromatic N) is 3. The minimum absolute atomic E-state index is 0.832. The molecule has 5 aromatic carbocycles.